The van der Waals surface area contributed by atoms with Gasteiger partial charge in [0, 0.05) is 6.07 Å². The third-order valence-corrected chi connectivity index (χ3v) is 3.00. The van der Waals surface area contributed by atoms with Crippen LogP contribution in [0, 0.1) is 0 Å². The number of nitrogens with two attached hydrogens (primary N) is 1. The molecule has 0 spiro atoms. The zero-order valence-corrected chi connectivity index (χ0v) is 10.9. The normalized spacial score (nSPS) is 13.4. The number of halogens is 1. The highest BCUT2D eigenvalue weighted by Gasteiger charge is 2.26. The fourth-order valence-corrected chi connectivity index (χ4v) is 2.26. The number of hydrogen-bond donors (Lipinski definition) is 1. The van der Waals surface area contributed by atoms with Crippen LogP contribution in [0.3, 0.4) is 0 Å². The lowest BCUT2D eigenvalue weighted by Crippen LogP contribution is -2.21. The zero-order chi connectivity index (χ0) is 12.4. The molecule has 0 saturated carbocycles. The molecule has 6 heteroatoms. The maximum Gasteiger partial charge on any atom is 0.184 e. The van der Waals surface area contributed by atoms with E-state index in [2.05, 4.69) is 15.9 Å². The standard InChI is InChI=1S/C11H12BrNO4/c1-15-10-6(12)4-8-11(17-3-2-16-8)9(10)7(14)5-13/h4H,2-3,5,13H2,1H3. The molecule has 5 nitrogen and oxygen atoms in total. The molecule has 1 aliphatic rings. The SMILES string of the molecule is COc1c(Br)cc2c(c1C(=O)CN)OCCO2. The summed E-state index contributed by atoms with van der Waals surface area (Å²) < 4.78 is 16.8. The molecule has 0 aliphatic carbocycles. The van der Waals surface area contributed by atoms with Crippen LogP contribution in [-0.4, -0.2) is 32.7 Å². The molecule has 2 rings (SSSR count). The van der Waals surface area contributed by atoms with Crippen LogP contribution in [0.4, 0.5) is 0 Å². The van der Waals surface area contributed by atoms with Crippen LogP contribution < -0.4 is 19.9 Å². The number of ether oxygens (including phenoxy) is 3. The Kier molecular flexibility index (Phi) is 3.54. The zero-order valence-electron chi connectivity index (χ0n) is 9.29. The van der Waals surface area contributed by atoms with Gasteiger partial charge in [-0.15, -0.1) is 0 Å². The molecule has 0 radical (unpaired) electrons. The Morgan fingerprint density at radius 1 is 1.53 bits per heavy atom. The van der Waals surface area contributed by atoms with Crippen LogP contribution in [0.25, 0.3) is 0 Å². The van der Waals surface area contributed by atoms with Crippen molar-refractivity contribution in [1.29, 1.82) is 0 Å². The van der Waals surface area contributed by atoms with Gasteiger partial charge >= 0.3 is 0 Å². The maximum atomic E-state index is 11.9. The molecule has 0 fully saturated rings. The first-order valence-corrected chi connectivity index (χ1v) is 5.87. The highest BCUT2D eigenvalue weighted by molar-refractivity contribution is 9.10. The average Bonchev–Trinajstić information content (AvgIpc) is 2.36. The predicted octanol–water partition coefficient (Wildman–Crippen LogP) is 1.37. The summed E-state index contributed by atoms with van der Waals surface area (Å²) in [5.41, 5.74) is 5.73. The third-order valence-electron chi connectivity index (χ3n) is 2.41. The molecule has 0 amide bonds. The Bertz CT molecular complexity index is 461. The summed E-state index contributed by atoms with van der Waals surface area (Å²) in [7, 11) is 1.49. The summed E-state index contributed by atoms with van der Waals surface area (Å²) >= 11 is 3.33. The van der Waals surface area contributed by atoms with E-state index >= 15 is 0 Å². The van der Waals surface area contributed by atoms with Crippen molar-refractivity contribution < 1.29 is 19.0 Å². The number of rotatable bonds is 3. The second kappa shape index (κ2) is 4.93. The number of methoxy groups -OCH3 is 1. The third kappa shape index (κ3) is 2.10. The van der Waals surface area contributed by atoms with E-state index in [0.717, 1.165) is 0 Å². The van der Waals surface area contributed by atoms with Crippen LogP contribution in [-0.2, 0) is 0 Å². The number of carbonyl (C=O) groups excluding carboxylic acids is 1. The van der Waals surface area contributed by atoms with Crippen LogP contribution in [0.15, 0.2) is 10.5 Å². The molecule has 0 bridgehead atoms. The van der Waals surface area contributed by atoms with Gasteiger partial charge in [-0.1, -0.05) is 0 Å². The summed E-state index contributed by atoms with van der Waals surface area (Å²) in [4.78, 5) is 11.9. The number of fused-ring (bicyclic) bond motifs is 1. The van der Waals surface area contributed by atoms with Crippen molar-refractivity contribution >= 4 is 21.7 Å². The van der Waals surface area contributed by atoms with E-state index < -0.39 is 0 Å². The second-order valence-electron chi connectivity index (χ2n) is 3.42. The Labute approximate surface area is 107 Å². The van der Waals surface area contributed by atoms with Gasteiger partial charge in [0.25, 0.3) is 0 Å². The van der Waals surface area contributed by atoms with Crippen molar-refractivity contribution in [3.8, 4) is 17.2 Å². The van der Waals surface area contributed by atoms with E-state index in [-0.39, 0.29) is 12.3 Å². The molecule has 17 heavy (non-hydrogen) atoms. The molecule has 1 aromatic carbocycles. The minimum absolute atomic E-state index is 0.109. The second-order valence-corrected chi connectivity index (χ2v) is 4.27. The molecular formula is C11H12BrNO4. The summed E-state index contributed by atoms with van der Waals surface area (Å²) in [6.07, 6.45) is 0. The van der Waals surface area contributed by atoms with E-state index in [1.165, 1.54) is 7.11 Å². The number of carbonyl (C=O) groups is 1. The van der Waals surface area contributed by atoms with Gasteiger partial charge < -0.3 is 19.9 Å². The van der Waals surface area contributed by atoms with Gasteiger partial charge in [-0.05, 0) is 15.9 Å². The number of Topliss-reactive ketones (excluding diaryl/α,β-unsaturated/α-hetero) is 1. The Hall–Kier alpha value is -1.27. The fourth-order valence-electron chi connectivity index (χ4n) is 1.69. The summed E-state index contributed by atoms with van der Waals surface area (Å²) in [5, 5.41) is 0. The molecule has 92 valence electrons. The predicted molar refractivity (Wildman–Crippen MR) is 65.1 cm³/mol. The molecule has 0 saturated heterocycles. The minimum atomic E-state index is -0.245. The smallest absolute Gasteiger partial charge is 0.184 e. The van der Waals surface area contributed by atoms with Crippen molar-refractivity contribution in [2.75, 3.05) is 26.9 Å². The Morgan fingerprint density at radius 2 is 2.24 bits per heavy atom. The van der Waals surface area contributed by atoms with Crippen LogP contribution >= 0.6 is 15.9 Å². The van der Waals surface area contributed by atoms with Crippen molar-refractivity contribution in [2.24, 2.45) is 5.73 Å². The van der Waals surface area contributed by atoms with Gasteiger partial charge in [0.15, 0.2) is 17.3 Å². The molecular weight excluding hydrogens is 290 g/mol. The van der Waals surface area contributed by atoms with Gasteiger partial charge in [0.05, 0.1) is 18.1 Å². The van der Waals surface area contributed by atoms with E-state index in [4.69, 9.17) is 19.9 Å². The van der Waals surface area contributed by atoms with E-state index in [1.54, 1.807) is 6.07 Å². The number of hydrogen-bond acceptors (Lipinski definition) is 5. The topological polar surface area (TPSA) is 70.8 Å². The highest BCUT2D eigenvalue weighted by atomic mass is 79.9. The minimum Gasteiger partial charge on any atom is -0.495 e. The largest absolute Gasteiger partial charge is 0.495 e. The van der Waals surface area contributed by atoms with Gasteiger partial charge in [-0.25, -0.2) is 0 Å². The quantitative estimate of drug-likeness (QED) is 0.854. The summed E-state index contributed by atoms with van der Waals surface area (Å²) in [5.74, 6) is 1.11. The Balaban J connectivity index is 2.65. The molecule has 0 atom stereocenters. The summed E-state index contributed by atoms with van der Waals surface area (Å²) in [6, 6.07) is 1.72. The Morgan fingerprint density at radius 3 is 2.88 bits per heavy atom. The average molecular weight is 302 g/mol. The lowest BCUT2D eigenvalue weighted by Gasteiger charge is -2.22. The highest BCUT2D eigenvalue weighted by Crippen LogP contribution is 2.44. The maximum absolute atomic E-state index is 11.9. The molecule has 0 aromatic heterocycles. The van der Waals surface area contributed by atoms with Gasteiger partial charge in [-0.3, -0.25) is 4.79 Å². The fraction of sp³-hybridized carbons (Fsp3) is 0.364. The van der Waals surface area contributed by atoms with E-state index in [0.29, 0.717) is 40.5 Å². The number of benzene rings is 1. The van der Waals surface area contributed by atoms with Crippen LogP contribution in [0.5, 0.6) is 17.2 Å². The lowest BCUT2D eigenvalue weighted by atomic mass is 10.1. The first kappa shape index (κ1) is 12.2. The van der Waals surface area contributed by atoms with Crippen molar-refractivity contribution in [1.82, 2.24) is 0 Å². The number of ketones is 1. The van der Waals surface area contributed by atoms with E-state index in [1.807, 2.05) is 0 Å². The molecule has 1 aromatic rings. The van der Waals surface area contributed by atoms with Crippen LogP contribution in [0.2, 0.25) is 0 Å². The van der Waals surface area contributed by atoms with Gasteiger partial charge in [-0.2, -0.15) is 0 Å². The van der Waals surface area contributed by atoms with Crippen LogP contribution in [0.1, 0.15) is 10.4 Å². The summed E-state index contributed by atoms with van der Waals surface area (Å²) in [6.45, 7) is 0.757. The first-order chi connectivity index (χ1) is 8.19. The molecule has 1 aliphatic heterocycles. The van der Waals surface area contributed by atoms with Crippen molar-refractivity contribution in [3.05, 3.63) is 16.1 Å². The van der Waals surface area contributed by atoms with Gasteiger partial charge in [0.1, 0.15) is 24.5 Å². The first-order valence-electron chi connectivity index (χ1n) is 5.08. The lowest BCUT2D eigenvalue weighted by molar-refractivity contribution is 0.0986. The van der Waals surface area contributed by atoms with Crippen molar-refractivity contribution in [3.63, 3.8) is 0 Å². The van der Waals surface area contributed by atoms with Crippen molar-refractivity contribution in [2.45, 2.75) is 0 Å². The van der Waals surface area contributed by atoms with E-state index in [9.17, 15) is 4.79 Å². The van der Waals surface area contributed by atoms with Gasteiger partial charge in [0.2, 0.25) is 0 Å². The molecule has 0 unspecified atom stereocenters. The monoisotopic (exact) mass is 301 g/mol. The molecule has 1 heterocycles. The molecule has 2 N–H and O–H groups in total.